The molecule has 0 aromatic heterocycles. The minimum atomic E-state index is -0.491. The van der Waals surface area contributed by atoms with E-state index in [-0.39, 0.29) is 31.0 Å². The van der Waals surface area contributed by atoms with Gasteiger partial charge in [0.2, 0.25) is 0 Å². The van der Waals surface area contributed by atoms with Crippen molar-refractivity contribution in [3.8, 4) is 11.5 Å². The number of esters is 1. The normalized spacial score (nSPS) is 27.6. The van der Waals surface area contributed by atoms with Gasteiger partial charge in [0.05, 0.1) is 39.6 Å². The zero-order valence-corrected chi connectivity index (χ0v) is 23.4. The molecule has 210 valence electrons. The van der Waals surface area contributed by atoms with Gasteiger partial charge < -0.3 is 23.7 Å². The topological polar surface area (TPSA) is 80.3 Å². The molecule has 0 radical (unpaired) electrons. The van der Waals surface area contributed by atoms with Crippen molar-refractivity contribution in [1.29, 1.82) is 0 Å². The molecule has 0 spiro atoms. The Hall–Kier alpha value is -3.42. The average Bonchev–Trinajstić information content (AvgIpc) is 2.87. The molecule has 1 fully saturated rings. The van der Waals surface area contributed by atoms with Crippen LogP contribution >= 0.6 is 0 Å². The molecule has 7 heteroatoms. The van der Waals surface area contributed by atoms with Crippen LogP contribution in [-0.4, -0.2) is 50.9 Å². The van der Waals surface area contributed by atoms with Gasteiger partial charge in [-0.2, -0.15) is 0 Å². The van der Waals surface area contributed by atoms with Crippen molar-refractivity contribution >= 4 is 11.8 Å². The van der Waals surface area contributed by atoms with E-state index in [1.165, 1.54) is 6.08 Å². The van der Waals surface area contributed by atoms with E-state index < -0.39 is 12.1 Å². The highest BCUT2D eigenvalue weighted by Crippen LogP contribution is 2.29. The number of cyclic esters (lactones) is 1. The second-order valence-corrected chi connectivity index (χ2v) is 10.1. The maximum Gasteiger partial charge on any atom is 0.331 e. The van der Waals surface area contributed by atoms with Crippen LogP contribution in [0.5, 0.6) is 11.5 Å². The number of ketones is 1. The third kappa shape index (κ3) is 10.3. The number of carbonyl (C=O) groups is 2. The van der Waals surface area contributed by atoms with E-state index in [9.17, 15) is 9.59 Å². The van der Waals surface area contributed by atoms with Crippen molar-refractivity contribution in [2.75, 3.05) is 20.8 Å². The van der Waals surface area contributed by atoms with Crippen LogP contribution in [0.3, 0.4) is 0 Å². The summed E-state index contributed by atoms with van der Waals surface area (Å²) in [5, 5.41) is 0. The van der Waals surface area contributed by atoms with Gasteiger partial charge in [-0.1, -0.05) is 53.7 Å². The van der Waals surface area contributed by atoms with Gasteiger partial charge in [-0.25, -0.2) is 4.79 Å². The molecule has 2 heterocycles. The Morgan fingerprint density at radius 1 is 1.00 bits per heavy atom. The molecule has 0 saturated carbocycles. The van der Waals surface area contributed by atoms with Gasteiger partial charge in [-0.3, -0.25) is 4.79 Å². The molecule has 0 amide bonds. The number of allylic oxidation sites excluding steroid dienone is 4. The molecule has 3 atom stereocenters. The van der Waals surface area contributed by atoms with E-state index in [1.807, 2.05) is 38.1 Å². The van der Waals surface area contributed by atoms with Crippen molar-refractivity contribution in [3.63, 3.8) is 0 Å². The van der Waals surface area contributed by atoms with Crippen LogP contribution < -0.4 is 9.47 Å². The summed E-state index contributed by atoms with van der Waals surface area (Å²) in [6.07, 6.45) is 12.6. The minimum Gasteiger partial charge on any atom is -0.493 e. The van der Waals surface area contributed by atoms with Gasteiger partial charge in [0, 0.05) is 18.9 Å². The predicted octanol–water partition coefficient (Wildman–Crippen LogP) is 5.99. The van der Waals surface area contributed by atoms with Gasteiger partial charge in [0.15, 0.2) is 17.3 Å². The highest BCUT2D eigenvalue weighted by Gasteiger charge is 2.23. The zero-order chi connectivity index (χ0) is 28.2. The lowest BCUT2D eigenvalue weighted by molar-refractivity contribution is -0.146. The molecule has 0 N–H and O–H groups in total. The van der Waals surface area contributed by atoms with Gasteiger partial charge in [-0.05, 0) is 56.9 Å². The Labute approximate surface area is 231 Å². The summed E-state index contributed by atoms with van der Waals surface area (Å²) in [7, 11) is 3.18. The van der Waals surface area contributed by atoms with Crippen LogP contribution in [0.1, 0.15) is 51.5 Å². The van der Waals surface area contributed by atoms with Gasteiger partial charge in [0.25, 0.3) is 0 Å². The smallest absolute Gasteiger partial charge is 0.331 e. The van der Waals surface area contributed by atoms with E-state index >= 15 is 0 Å². The molecular weight excluding hydrogens is 496 g/mol. The molecule has 3 rings (SSSR count). The second-order valence-electron chi connectivity index (χ2n) is 10.1. The number of methoxy groups -OCH3 is 2. The average molecular weight is 537 g/mol. The van der Waals surface area contributed by atoms with E-state index in [0.29, 0.717) is 30.9 Å². The third-order valence-corrected chi connectivity index (χ3v) is 6.47. The molecule has 0 unspecified atom stereocenters. The third-order valence-electron chi connectivity index (χ3n) is 6.47. The number of fused-ring (bicyclic) bond motifs is 2. The molecule has 7 nitrogen and oxygen atoms in total. The molecule has 1 aromatic rings. The molecule has 39 heavy (non-hydrogen) atoms. The van der Waals surface area contributed by atoms with Crippen LogP contribution in [0.2, 0.25) is 0 Å². The fourth-order valence-electron chi connectivity index (χ4n) is 4.67. The molecule has 2 aliphatic rings. The van der Waals surface area contributed by atoms with E-state index in [2.05, 4.69) is 12.7 Å². The first-order valence-corrected chi connectivity index (χ1v) is 13.3. The van der Waals surface area contributed by atoms with Crippen molar-refractivity contribution < 1.29 is 33.3 Å². The quantitative estimate of drug-likeness (QED) is 0.326. The highest BCUT2D eigenvalue weighted by molar-refractivity contribution is 5.91. The Morgan fingerprint density at radius 2 is 1.79 bits per heavy atom. The van der Waals surface area contributed by atoms with Crippen LogP contribution in [0.15, 0.2) is 78.0 Å². The molecule has 1 aromatic carbocycles. The predicted molar refractivity (Wildman–Crippen MR) is 151 cm³/mol. The Morgan fingerprint density at radius 3 is 2.56 bits per heavy atom. The molecule has 2 bridgehead atoms. The lowest BCUT2D eigenvalue weighted by Gasteiger charge is -2.30. The summed E-state index contributed by atoms with van der Waals surface area (Å²) in [6, 6.07) is 5.60. The lowest BCUT2D eigenvalue weighted by Crippen LogP contribution is -2.28. The lowest BCUT2D eigenvalue weighted by atomic mass is 9.95. The maximum atomic E-state index is 12.6. The van der Waals surface area contributed by atoms with Crippen molar-refractivity contribution in [1.82, 2.24) is 0 Å². The van der Waals surface area contributed by atoms with Crippen LogP contribution in [0.25, 0.3) is 0 Å². The van der Waals surface area contributed by atoms with Crippen LogP contribution in [0, 0.1) is 0 Å². The maximum absolute atomic E-state index is 12.6. The van der Waals surface area contributed by atoms with Crippen molar-refractivity contribution in [2.45, 2.75) is 70.9 Å². The van der Waals surface area contributed by atoms with E-state index in [1.54, 1.807) is 32.4 Å². The first-order chi connectivity index (χ1) is 18.7. The van der Waals surface area contributed by atoms with Gasteiger partial charge >= 0.3 is 5.97 Å². The number of carbonyl (C=O) groups excluding carboxylic acids is 2. The van der Waals surface area contributed by atoms with E-state index in [4.69, 9.17) is 23.7 Å². The number of ether oxygens (including phenoxy) is 5. The summed E-state index contributed by atoms with van der Waals surface area (Å²) in [6.45, 7) is 8.60. The van der Waals surface area contributed by atoms with E-state index in [0.717, 1.165) is 35.1 Å². The largest absolute Gasteiger partial charge is 0.493 e. The fourth-order valence-corrected chi connectivity index (χ4v) is 4.67. The second kappa shape index (κ2) is 15.2. The Bertz CT molecular complexity index is 1140. The molecule has 1 saturated heterocycles. The minimum absolute atomic E-state index is 0.00876. The Kier molecular flexibility index (Phi) is 11.8. The van der Waals surface area contributed by atoms with Crippen LogP contribution in [-0.2, 0) is 30.4 Å². The monoisotopic (exact) mass is 536 g/mol. The van der Waals surface area contributed by atoms with Crippen molar-refractivity contribution in [3.05, 3.63) is 83.5 Å². The highest BCUT2D eigenvalue weighted by atomic mass is 16.6. The number of hydrogen-bond acceptors (Lipinski definition) is 7. The first-order valence-electron chi connectivity index (χ1n) is 13.3. The van der Waals surface area contributed by atoms with Crippen LogP contribution in [0.4, 0.5) is 0 Å². The zero-order valence-electron chi connectivity index (χ0n) is 23.4. The molecule has 2 aliphatic heterocycles. The number of hydrogen-bond donors (Lipinski definition) is 0. The summed E-state index contributed by atoms with van der Waals surface area (Å²) < 4.78 is 28.7. The van der Waals surface area contributed by atoms with Gasteiger partial charge in [0.1, 0.15) is 6.10 Å². The first kappa shape index (κ1) is 30.1. The SMILES string of the molecule is C=C1C[C@H]2C/C=C/C(=O)C/C(C)=C\C=C\C(=O)O[C@@H](COCc3ccc(OC)c(OC)c3)C/C(C)=C/[C@@H](C1)O2. The summed E-state index contributed by atoms with van der Waals surface area (Å²) in [5.74, 6) is 0.805. The summed E-state index contributed by atoms with van der Waals surface area (Å²) >= 11 is 0. The fraction of sp³-hybridized carbons (Fsp3) is 0.438. The number of rotatable bonds is 6. The van der Waals surface area contributed by atoms with Gasteiger partial charge in [-0.15, -0.1) is 0 Å². The molecule has 0 aliphatic carbocycles. The standard InChI is InChI=1S/C32H40O7/c1-22-8-6-11-32(34)39-29(21-37-20-25-12-13-30(35-4)31(19-25)36-5)18-24(3)17-28-16-23(2)15-27(38-28)10-7-9-26(33)14-22/h6-9,11-13,17,19,27-29H,2,10,14-16,18,20-21H2,1,3-5H3/b9-7+,11-6+,22-8-,24-17+/t27-,28-,29-/m1/s1. The number of benzene rings is 1. The molecular formula is C32H40O7. The van der Waals surface area contributed by atoms with Crippen molar-refractivity contribution in [2.24, 2.45) is 0 Å². The summed E-state index contributed by atoms with van der Waals surface area (Å²) in [5.41, 5.74) is 3.92. The summed E-state index contributed by atoms with van der Waals surface area (Å²) in [4.78, 5) is 24.9. The Balaban J connectivity index is 1.75.